The first-order valence-electron chi connectivity index (χ1n) is 7.06. The van der Waals surface area contributed by atoms with E-state index in [2.05, 4.69) is 17.4 Å². The van der Waals surface area contributed by atoms with Crippen molar-refractivity contribution in [3.63, 3.8) is 0 Å². The van der Waals surface area contributed by atoms with Crippen LogP contribution in [0.4, 0.5) is 15.8 Å². The van der Waals surface area contributed by atoms with Crippen molar-refractivity contribution in [2.24, 2.45) is 5.92 Å². The number of aryl methyl sites for hydroxylation is 1. The third-order valence-electron chi connectivity index (χ3n) is 3.97. The third-order valence-corrected chi connectivity index (χ3v) is 3.97. The molecule has 0 aliphatic heterocycles. The molecule has 0 heterocycles. The van der Waals surface area contributed by atoms with Crippen LogP contribution in [0.15, 0.2) is 42.5 Å². The Morgan fingerprint density at radius 3 is 2.71 bits per heavy atom. The molecule has 2 aromatic rings. The Morgan fingerprint density at radius 1 is 1.19 bits per heavy atom. The van der Waals surface area contributed by atoms with E-state index >= 15 is 0 Å². The number of hydrogen-bond donors (Lipinski definition) is 2. The summed E-state index contributed by atoms with van der Waals surface area (Å²) >= 11 is 0. The fraction of sp³-hybridized carbons (Fsp3) is 0.235. The van der Waals surface area contributed by atoms with E-state index in [0.717, 1.165) is 12.8 Å². The first kappa shape index (κ1) is 13.6. The van der Waals surface area contributed by atoms with E-state index in [4.69, 9.17) is 5.73 Å². The molecule has 3 nitrogen and oxygen atoms in total. The summed E-state index contributed by atoms with van der Waals surface area (Å²) in [6.45, 7) is 0. The van der Waals surface area contributed by atoms with Gasteiger partial charge in [0.15, 0.2) is 0 Å². The summed E-state index contributed by atoms with van der Waals surface area (Å²) in [4.78, 5) is 12.3. The van der Waals surface area contributed by atoms with Crippen LogP contribution in [0.25, 0.3) is 0 Å². The lowest BCUT2D eigenvalue weighted by Gasteiger charge is -2.23. The van der Waals surface area contributed by atoms with Crippen molar-refractivity contribution in [3.8, 4) is 0 Å². The molecule has 1 amide bonds. The number of carbonyl (C=O) groups excluding carboxylic acids is 1. The van der Waals surface area contributed by atoms with Crippen molar-refractivity contribution in [3.05, 3.63) is 59.4 Å². The van der Waals surface area contributed by atoms with Gasteiger partial charge in [-0.25, -0.2) is 4.39 Å². The molecular formula is C17H17FN2O. The number of amides is 1. The van der Waals surface area contributed by atoms with Crippen LogP contribution in [-0.4, -0.2) is 5.91 Å². The average molecular weight is 284 g/mol. The summed E-state index contributed by atoms with van der Waals surface area (Å²) in [5.41, 5.74) is 8.55. The van der Waals surface area contributed by atoms with E-state index in [-0.39, 0.29) is 17.5 Å². The van der Waals surface area contributed by atoms with E-state index < -0.39 is 5.82 Å². The minimum atomic E-state index is -0.500. The molecule has 0 bridgehead atoms. The zero-order valence-electron chi connectivity index (χ0n) is 11.6. The molecule has 3 N–H and O–H groups in total. The van der Waals surface area contributed by atoms with Crippen LogP contribution < -0.4 is 11.1 Å². The molecular weight excluding hydrogens is 267 g/mol. The van der Waals surface area contributed by atoms with Crippen molar-refractivity contribution < 1.29 is 9.18 Å². The van der Waals surface area contributed by atoms with E-state index in [9.17, 15) is 9.18 Å². The van der Waals surface area contributed by atoms with Gasteiger partial charge in [0.25, 0.3) is 0 Å². The highest BCUT2D eigenvalue weighted by atomic mass is 19.1. The predicted molar refractivity (Wildman–Crippen MR) is 81.4 cm³/mol. The maximum absolute atomic E-state index is 13.7. The number of benzene rings is 2. The van der Waals surface area contributed by atoms with Crippen molar-refractivity contribution in [2.45, 2.75) is 19.3 Å². The molecule has 4 heteroatoms. The van der Waals surface area contributed by atoms with Crippen LogP contribution in [0.1, 0.15) is 17.5 Å². The number of carbonyl (C=O) groups is 1. The topological polar surface area (TPSA) is 55.1 Å². The molecule has 108 valence electrons. The van der Waals surface area contributed by atoms with Crippen LogP contribution in [-0.2, 0) is 17.6 Å². The van der Waals surface area contributed by atoms with E-state index in [1.54, 1.807) is 6.07 Å². The molecule has 1 aliphatic rings. The average Bonchev–Trinajstić information content (AvgIpc) is 2.49. The maximum atomic E-state index is 13.7. The molecule has 21 heavy (non-hydrogen) atoms. The minimum absolute atomic E-state index is 0.114. The smallest absolute Gasteiger partial charge is 0.227 e. The fourth-order valence-corrected chi connectivity index (χ4v) is 2.79. The second-order valence-electron chi connectivity index (χ2n) is 5.44. The van der Waals surface area contributed by atoms with Crippen molar-refractivity contribution >= 4 is 17.3 Å². The number of nitrogens with two attached hydrogens (primary N) is 1. The molecule has 0 radical (unpaired) electrons. The first-order chi connectivity index (χ1) is 10.1. The first-order valence-corrected chi connectivity index (χ1v) is 7.06. The predicted octanol–water partition coefficient (Wildman–Crippen LogP) is 3.15. The van der Waals surface area contributed by atoms with Gasteiger partial charge in [-0.05, 0) is 48.6 Å². The Bertz CT molecular complexity index is 684. The second kappa shape index (κ2) is 5.56. The van der Waals surface area contributed by atoms with Gasteiger partial charge in [0, 0.05) is 11.6 Å². The quantitative estimate of drug-likeness (QED) is 0.832. The SMILES string of the molecule is Nc1ccc(NC(=O)C2CCc3ccccc3C2)c(F)c1. The van der Waals surface area contributed by atoms with Gasteiger partial charge in [0.2, 0.25) is 5.91 Å². The Hall–Kier alpha value is -2.36. The summed E-state index contributed by atoms with van der Waals surface area (Å²) in [5.74, 6) is -0.746. The summed E-state index contributed by atoms with van der Waals surface area (Å²) < 4.78 is 13.7. The second-order valence-corrected chi connectivity index (χ2v) is 5.44. The lowest BCUT2D eigenvalue weighted by Crippen LogP contribution is -2.28. The molecule has 3 rings (SSSR count). The summed E-state index contributed by atoms with van der Waals surface area (Å²) in [6, 6.07) is 12.4. The van der Waals surface area contributed by atoms with E-state index in [0.29, 0.717) is 12.1 Å². The van der Waals surface area contributed by atoms with Gasteiger partial charge >= 0.3 is 0 Å². The molecule has 0 fully saturated rings. The van der Waals surface area contributed by atoms with Gasteiger partial charge in [-0.3, -0.25) is 4.79 Å². The molecule has 2 aromatic carbocycles. The number of fused-ring (bicyclic) bond motifs is 1. The van der Waals surface area contributed by atoms with Gasteiger partial charge in [-0.1, -0.05) is 24.3 Å². The third kappa shape index (κ3) is 2.89. The number of nitrogen functional groups attached to an aromatic ring is 1. The highest BCUT2D eigenvalue weighted by Crippen LogP contribution is 2.27. The number of rotatable bonds is 2. The lowest BCUT2D eigenvalue weighted by molar-refractivity contribution is -0.120. The monoisotopic (exact) mass is 284 g/mol. The number of hydrogen-bond acceptors (Lipinski definition) is 2. The summed E-state index contributed by atoms with van der Waals surface area (Å²) in [5, 5.41) is 2.67. The largest absolute Gasteiger partial charge is 0.399 e. The normalized spacial score (nSPS) is 17.1. The van der Waals surface area contributed by atoms with Crippen LogP contribution in [0.2, 0.25) is 0 Å². The molecule has 0 saturated heterocycles. The van der Waals surface area contributed by atoms with Crippen molar-refractivity contribution in [1.82, 2.24) is 0 Å². The minimum Gasteiger partial charge on any atom is -0.399 e. The molecule has 0 saturated carbocycles. The van der Waals surface area contributed by atoms with E-state index in [1.165, 1.54) is 23.3 Å². The van der Waals surface area contributed by atoms with Crippen LogP contribution in [0.3, 0.4) is 0 Å². The maximum Gasteiger partial charge on any atom is 0.227 e. The number of nitrogens with one attached hydrogen (secondary N) is 1. The van der Waals surface area contributed by atoms with Gasteiger partial charge in [0.05, 0.1) is 5.69 Å². The Kier molecular flexibility index (Phi) is 3.60. The van der Waals surface area contributed by atoms with Gasteiger partial charge in [-0.15, -0.1) is 0 Å². The van der Waals surface area contributed by atoms with Crippen LogP contribution >= 0.6 is 0 Å². The van der Waals surface area contributed by atoms with Gasteiger partial charge in [0.1, 0.15) is 5.82 Å². The zero-order chi connectivity index (χ0) is 14.8. The standard InChI is InChI=1S/C17H17FN2O/c18-15-10-14(19)7-8-16(15)20-17(21)13-6-5-11-3-1-2-4-12(11)9-13/h1-4,7-8,10,13H,5-6,9,19H2,(H,20,21). The molecule has 1 atom stereocenters. The Labute approximate surface area is 123 Å². The van der Waals surface area contributed by atoms with Crippen molar-refractivity contribution in [2.75, 3.05) is 11.1 Å². The number of anilines is 2. The van der Waals surface area contributed by atoms with Crippen LogP contribution in [0, 0.1) is 11.7 Å². The Morgan fingerprint density at radius 2 is 1.95 bits per heavy atom. The van der Waals surface area contributed by atoms with Crippen molar-refractivity contribution in [1.29, 1.82) is 0 Å². The van der Waals surface area contributed by atoms with Crippen LogP contribution in [0.5, 0.6) is 0 Å². The molecule has 1 unspecified atom stereocenters. The molecule has 0 spiro atoms. The van der Waals surface area contributed by atoms with Gasteiger partial charge < -0.3 is 11.1 Å². The highest BCUT2D eigenvalue weighted by molar-refractivity contribution is 5.93. The lowest BCUT2D eigenvalue weighted by atomic mass is 9.83. The molecule has 0 aromatic heterocycles. The number of halogens is 1. The Balaban J connectivity index is 1.72. The zero-order valence-corrected chi connectivity index (χ0v) is 11.6. The summed E-state index contributed by atoms with van der Waals surface area (Å²) in [6.07, 6.45) is 2.39. The fourth-order valence-electron chi connectivity index (χ4n) is 2.79. The summed E-state index contributed by atoms with van der Waals surface area (Å²) in [7, 11) is 0. The van der Waals surface area contributed by atoms with Gasteiger partial charge in [-0.2, -0.15) is 0 Å². The van der Waals surface area contributed by atoms with E-state index in [1.807, 2.05) is 12.1 Å². The molecule has 1 aliphatic carbocycles. The highest BCUT2D eigenvalue weighted by Gasteiger charge is 2.24.